The Morgan fingerprint density at radius 1 is 1.03 bits per heavy atom. The second-order valence-electron chi connectivity index (χ2n) is 9.15. The molecule has 0 saturated heterocycles. The van der Waals surface area contributed by atoms with Crippen LogP contribution in [0.15, 0.2) is 54.6 Å². The third-order valence-electron chi connectivity index (χ3n) is 5.25. The Kier molecular flexibility index (Phi) is 6.86. The zero-order valence-electron chi connectivity index (χ0n) is 19.7. The first kappa shape index (κ1) is 25.0. The molecule has 3 aromatic rings. The van der Waals surface area contributed by atoms with E-state index in [9.17, 15) is 22.8 Å². The third kappa shape index (κ3) is 5.65. The minimum absolute atomic E-state index is 0.148. The number of rotatable bonds is 5. The summed E-state index contributed by atoms with van der Waals surface area (Å²) in [6.45, 7) is 7.60. The summed E-state index contributed by atoms with van der Waals surface area (Å²) in [5.74, 6) is -0.758. The molecule has 6 nitrogen and oxygen atoms in total. The summed E-state index contributed by atoms with van der Waals surface area (Å²) in [6, 6.07) is 13.5. The van der Waals surface area contributed by atoms with Crippen molar-refractivity contribution >= 4 is 17.6 Å². The highest BCUT2D eigenvalue weighted by Crippen LogP contribution is 2.30. The number of aryl methyl sites for hydroxylation is 1. The van der Waals surface area contributed by atoms with Crippen LogP contribution in [0.3, 0.4) is 0 Å². The Balaban J connectivity index is 1.81. The van der Waals surface area contributed by atoms with E-state index < -0.39 is 23.6 Å². The molecule has 9 heteroatoms. The van der Waals surface area contributed by atoms with E-state index in [-0.39, 0.29) is 17.5 Å². The molecule has 0 radical (unpaired) electrons. The third-order valence-corrected chi connectivity index (χ3v) is 5.25. The first-order valence-electron chi connectivity index (χ1n) is 10.7. The van der Waals surface area contributed by atoms with Crippen LogP contribution >= 0.6 is 0 Å². The Labute approximate surface area is 196 Å². The maximum Gasteiger partial charge on any atom is 0.416 e. The number of benzene rings is 2. The first-order valence-corrected chi connectivity index (χ1v) is 10.7. The molecule has 0 saturated carbocycles. The van der Waals surface area contributed by atoms with Crippen LogP contribution in [0.2, 0.25) is 0 Å². The van der Waals surface area contributed by atoms with E-state index in [1.54, 1.807) is 10.7 Å². The Morgan fingerprint density at radius 3 is 2.32 bits per heavy atom. The summed E-state index contributed by atoms with van der Waals surface area (Å²) in [7, 11) is 1.36. The van der Waals surface area contributed by atoms with Crippen LogP contribution in [0.1, 0.15) is 48.0 Å². The summed E-state index contributed by atoms with van der Waals surface area (Å²) >= 11 is 0. The van der Waals surface area contributed by atoms with Crippen LogP contribution in [0.4, 0.5) is 19.0 Å². The predicted molar refractivity (Wildman–Crippen MR) is 124 cm³/mol. The number of hydrogen-bond acceptors (Lipinski definition) is 3. The highest BCUT2D eigenvalue weighted by Gasteiger charge is 2.31. The highest BCUT2D eigenvalue weighted by atomic mass is 19.4. The van der Waals surface area contributed by atoms with Crippen molar-refractivity contribution in [3.63, 3.8) is 0 Å². The van der Waals surface area contributed by atoms with E-state index >= 15 is 0 Å². The fourth-order valence-corrected chi connectivity index (χ4v) is 3.34. The second-order valence-corrected chi connectivity index (χ2v) is 9.15. The number of carbonyl (C=O) groups is 2. The molecule has 1 N–H and O–H groups in total. The van der Waals surface area contributed by atoms with Gasteiger partial charge in [-0.1, -0.05) is 45.0 Å². The molecule has 34 heavy (non-hydrogen) atoms. The lowest BCUT2D eigenvalue weighted by molar-refractivity contribution is -0.137. The predicted octanol–water partition coefficient (Wildman–Crippen LogP) is 5.21. The number of likely N-dealkylation sites (N-methyl/N-ethyl adjacent to an activating group) is 1. The van der Waals surface area contributed by atoms with Crippen molar-refractivity contribution in [1.82, 2.24) is 14.7 Å². The van der Waals surface area contributed by atoms with Crippen LogP contribution in [0.5, 0.6) is 0 Å². The molecule has 1 aromatic heterocycles. The van der Waals surface area contributed by atoms with Gasteiger partial charge in [-0.05, 0) is 36.8 Å². The number of para-hydroxylation sites is 1. The topological polar surface area (TPSA) is 67.2 Å². The molecule has 180 valence electrons. The van der Waals surface area contributed by atoms with E-state index in [0.29, 0.717) is 5.82 Å². The van der Waals surface area contributed by atoms with Gasteiger partial charge in [-0.3, -0.25) is 9.59 Å². The Morgan fingerprint density at radius 2 is 1.71 bits per heavy atom. The number of amides is 2. The molecule has 0 spiro atoms. The van der Waals surface area contributed by atoms with Crippen molar-refractivity contribution < 1.29 is 22.8 Å². The van der Waals surface area contributed by atoms with E-state index in [1.807, 2.05) is 52.0 Å². The van der Waals surface area contributed by atoms with Gasteiger partial charge in [-0.25, -0.2) is 4.68 Å². The molecular weight excluding hydrogens is 445 g/mol. The van der Waals surface area contributed by atoms with Crippen LogP contribution in [0.25, 0.3) is 5.69 Å². The molecule has 0 bridgehead atoms. The minimum Gasteiger partial charge on any atom is -0.332 e. The average molecular weight is 473 g/mol. The Hall–Kier alpha value is -3.62. The molecule has 2 aromatic carbocycles. The summed E-state index contributed by atoms with van der Waals surface area (Å²) < 4.78 is 40.6. The highest BCUT2D eigenvalue weighted by molar-refractivity contribution is 5.99. The molecule has 0 aliphatic heterocycles. The van der Waals surface area contributed by atoms with Crippen LogP contribution < -0.4 is 5.32 Å². The number of nitrogens with zero attached hydrogens (tertiary/aromatic N) is 3. The molecule has 0 unspecified atom stereocenters. The van der Waals surface area contributed by atoms with Crippen molar-refractivity contribution in [2.45, 2.75) is 39.3 Å². The second kappa shape index (κ2) is 9.32. The van der Waals surface area contributed by atoms with Crippen LogP contribution in [-0.4, -0.2) is 40.1 Å². The number of alkyl halides is 3. The molecule has 0 fully saturated rings. The van der Waals surface area contributed by atoms with Crippen molar-refractivity contribution in [1.29, 1.82) is 0 Å². The van der Waals surface area contributed by atoms with E-state index in [1.165, 1.54) is 19.2 Å². The van der Waals surface area contributed by atoms with Gasteiger partial charge in [0.05, 0.1) is 23.5 Å². The molecule has 3 rings (SSSR count). The van der Waals surface area contributed by atoms with Gasteiger partial charge in [0.1, 0.15) is 5.82 Å². The monoisotopic (exact) mass is 472 g/mol. The maximum atomic E-state index is 13.0. The summed E-state index contributed by atoms with van der Waals surface area (Å²) in [5.41, 5.74) is 1.17. The lowest BCUT2D eigenvalue weighted by atomic mass is 9.92. The lowest BCUT2D eigenvalue weighted by Gasteiger charge is -2.18. The normalized spacial score (nSPS) is 11.9. The van der Waals surface area contributed by atoms with Crippen molar-refractivity contribution in [2.75, 3.05) is 18.9 Å². The van der Waals surface area contributed by atoms with Gasteiger partial charge in [-0.2, -0.15) is 18.3 Å². The molecule has 2 amide bonds. The number of nitrogens with one attached hydrogen (secondary N) is 1. The zero-order chi connectivity index (χ0) is 25.3. The number of halogens is 3. The van der Waals surface area contributed by atoms with Gasteiger partial charge in [0, 0.05) is 24.1 Å². The van der Waals surface area contributed by atoms with Gasteiger partial charge in [0.25, 0.3) is 5.91 Å². The maximum absolute atomic E-state index is 13.0. The van der Waals surface area contributed by atoms with Crippen molar-refractivity contribution in [3.8, 4) is 5.69 Å². The standard InChI is InChI=1S/C25H27F3N4O2/c1-16-9-6-7-12-19(16)32-21(14-20(30-32)24(2,3)4)29-22(33)15-31(5)23(34)17-10-8-11-18(13-17)25(26,27)28/h6-14H,15H2,1-5H3,(H,29,33). The van der Waals surface area contributed by atoms with Crippen molar-refractivity contribution in [3.05, 3.63) is 77.0 Å². The van der Waals surface area contributed by atoms with Gasteiger partial charge in [0.2, 0.25) is 5.91 Å². The summed E-state index contributed by atoms with van der Waals surface area (Å²) in [5, 5.41) is 7.46. The lowest BCUT2D eigenvalue weighted by Crippen LogP contribution is -2.35. The number of hydrogen-bond donors (Lipinski definition) is 1. The van der Waals surface area contributed by atoms with Crippen molar-refractivity contribution in [2.24, 2.45) is 0 Å². The minimum atomic E-state index is -4.56. The molecule has 0 aliphatic rings. The molecular formula is C25H27F3N4O2. The van der Waals surface area contributed by atoms with Crippen LogP contribution in [0, 0.1) is 6.92 Å². The smallest absolute Gasteiger partial charge is 0.332 e. The average Bonchev–Trinajstić information content (AvgIpc) is 3.16. The van der Waals surface area contributed by atoms with E-state index in [4.69, 9.17) is 0 Å². The fraction of sp³-hybridized carbons (Fsp3) is 0.320. The summed E-state index contributed by atoms with van der Waals surface area (Å²) in [4.78, 5) is 26.5. The van der Waals surface area contributed by atoms with Gasteiger partial charge < -0.3 is 10.2 Å². The first-order chi connectivity index (χ1) is 15.8. The number of anilines is 1. The largest absolute Gasteiger partial charge is 0.416 e. The number of carbonyl (C=O) groups excluding carboxylic acids is 2. The zero-order valence-corrected chi connectivity index (χ0v) is 19.7. The summed E-state index contributed by atoms with van der Waals surface area (Å²) in [6.07, 6.45) is -4.56. The van der Waals surface area contributed by atoms with E-state index in [2.05, 4.69) is 10.4 Å². The van der Waals surface area contributed by atoms with Gasteiger partial charge >= 0.3 is 6.18 Å². The van der Waals surface area contributed by atoms with Gasteiger partial charge in [0.15, 0.2) is 0 Å². The Bertz CT molecular complexity index is 1210. The molecule has 1 heterocycles. The number of aromatic nitrogens is 2. The van der Waals surface area contributed by atoms with E-state index in [0.717, 1.165) is 34.0 Å². The molecule has 0 aliphatic carbocycles. The molecule has 0 atom stereocenters. The fourth-order valence-electron chi connectivity index (χ4n) is 3.34. The SMILES string of the molecule is Cc1ccccc1-n1nc(C(C)(C)C)cc1NC(=O)CN(C)C(=O)c1cccc(C(F)(F)F)c1. The van der Waals surface area contributed by atoms with Gasteiger partial charge in [-0.15, -0.1) is 0 Å². The van der Waals surface area contributed by atoms with Crippen LogP contribution in [-0.2, 0) is 16.4 Å². The quantitative estimate of drug-likeness (QED) is 0.555.